The van der Waals surface area contributed by atoms with Crippen LogP contribution in [0.4, 0.5) is 0 Å². The molecule has 1 saturated carbocycles. The third kappa shape index (κ3) is 4.65. The lowest BCUT2D eigenvalue weighted by Gasteiger charge is -2.25. The van der Waals surface area contributed by atoms with E-state index in [9.17, 15) is 9.90 Å². The van der Waals surface area contributed by atoms with E-state index >= 15 is 0 Å². The summed E-state index contributed by atoms with van der Waals surface area (Å²) >= 11 is 0. The van der Waals surface area contributed by atoms with E-state index < -0.39 is 19.0 Å². The molecule has 98 valence electrons. The summed E-state index contributed by atoms with van der Waals surface area (Å²) in [5.74, 6) is -1.09. The maximum absolute atomic E-state index is 11.2. The summed E-state index contributed by atoms with van der Waals surface area (Å²) in [5.41, 5.74) is 5.94. The van der Waals surface area contributed by atoms with E-state index in [2.05, 4.69) is 0 Å². The Morgan fingerprint density at radius 3 is 2.41 bits per heavy atom. The van der Waals surface area contributed by atoms with Gasteiger partial charge < -0.3 is 20.9 Å². The summed E-state index contributed by atoms with van der Waals surface area (Å²) in [6.07, 6.45) is 5.43. The van der Waals surface area contributed by atoms with Crippen molar-refractivity contribution < 1.29 is 19.9 Å². The Bertz CT molecular complexity index is 244. The molecule has 0 radical (unpaired) electrons. The van der Waals surface area contributed by atoms with Crippen molar-refractivity contribution in [2.45, 2.75) is 50.9 Å². The van der Waals surface area contributed by atoms with Crippen molar-refractivity contribution in [2.75, 3.05) is 0 Å². The first kappa shape index (κ1) is 14.5. The standard InChI is InChI=1S/C11H22BNO4/c13-9(6-3-7-12(16)17)10(11(14)15)8-4-1-2-5-8/h8-10,16-17H,1-7,13H2,(H,14,15). The predicted molar refractivity (Wildman–Crippen MR) is 65.3 cm³/mol. The molecule has 17 heavy (non-hydrogen) atoms. The second-order valence-electron chi connectivity index (χ2n) is 4.98. The fraction of sp³-hybridized carbons (Fsp3) is 0.909. The number of carbonyl (C=O) groups is 1. The van der Waals surface area contributed by atoms with Crippen LogP contribution in [0.2, 0.25) is 6.32 Å². The highest BCUT2D eigenvalue weighted by Gasteiger charge is 2.34. The van der Waals surface area contributed by atoms with Crippen molar-refractivity contribution in [3.8, 4) is 0 Å². The van der Waals surface area contributed by atoms with Crippen LogP contribution in [0.15, 0.2) is 0 Å². The molecule has 2 unspecified atom stereocenters. The fourth-order valence-electron chi connectivity index (χ4n) is 2.77. The van der Waals surface area contributed by atoms with Gasteiger partial charge in [0, 0.05) is 6.04 Å². The van der Waals surface area contributed by atoms with Gasteiger partial charge in [0.1, 0.15) is 0 Å². The normalized spacial score (nSPS) is 20.2. The van der Waals surface area contributed by atoms with E-state index in [0.29, 0.717) is 12.8 Å². The Labute approximate surface area is 102 Å². The highest BCUT2D eigenvalue weighted by Crippen LogP contribution is 2.33. The first-order valence-electron chi connectivity index (χ1n) is 6.37. The van der Waals surface area contributed by atoms with Crippen molar-refractivity contribution >= 4 is 13.1 Å². The molecule has 0 saturated heterocycles. The zero-order valence-corrected chi connectivity index (χ0v) is 10.1. The molecule has 1 fully saturated rings. The molecule has 0 aromatic rings. The molecule has 0 amide bonds. The average Bonchev–Trinajstić information content (AvgIpc) is 2.69. The van der Waals surface area contributed by atoms with Crippen LogP contribution in [0.1, 0.15) is 38.5 Å². The molecule has 0 aromatic carbocycles. The summed E-state index contributed by atoms with van der Waals surface area (Å²) in [6.45, 7) is 0. The van der Waals surface area contributed by atoms with E-state index in [1.807, 2.05) is 0 Å². The van der Waals surface area contributed by atoms with Gasteiger partial charge in [0.05, 0.1) is 5.92 Å². The quantitative estimate of drug-likeness (QED) is 0.486. The predicted octanol–water partition coefficient (Wildman–Crippen LogP) is 0.458. The summed E-state index contributed by atoms with van der Waals surface area (Å²) in [6, 6.07) is -0.380. The molecule has 0 aliphatic heterocycles. The van der Waals surface area contributed by atoms with Gasteiger partial charge in [-0.25, -0.2) is 0 Å². The minimum Gasteiger partial charge on any atom is -0.481 e. The van der Waals surface area contributed by atoms with Gasteiger partial charge in [0.2, 0.25) is 0 Å². The van der Waals surface area contributed by atoms with Gasteiger partial charge in [0.15, 0.2) is 0 Å². The first-order valence-corrected chi connectivity index (χ1v) is 6.37. The molecule has 1 aliphatic carbocycles. The van der Waals surface area contributed by atoms with Crippen LogP contribution in [-0.4, -0.2) is 34.3 Å². The molecular formula is C11H22BNO4. The molecule has 1 rings (SSSR count). The highest BCUT2D eigenvalue weighted by atomic mass is 16.4. The topological polar surface area (TPSA) is 104 Å². The fourth-order valence-corrected chi connectivity index (χ4v) is 2.77. The Morgan fingerprint density at radius 2 is 1.94 bits per heavy atom. The van der Waals surface area contributed by atoms with Crippen LogP contribution in [0.25, 0.3) is 0 Å². The van der Waals surface area contributed by atoms with Gasteiger partial charge in [-0.2, -0.15) is 0 Å². The highest BCUT2D eigenvalue weighted by molar-refractivity contribution is 6.40. The van der Waals surface area contributed by atoms with Crippen LogP contribution in [0.5, 0.6) is 0 Å². The minimum atomic E-state index is -1.32. The minimum absolute atomic E-state index is 0.196. The average molecular weight is 243 g/mol. The lowest BCUT2D eigenvalue weighted by atomic mass is 9.79. The van der Waals surface area contributed by atoms with E-state index in [1.165, 1.54) is 0 Å². The maximum atomic E-state index is 11.2. The van der Waals surface area contributed by atoms with Crippen molar-refractivity contribution in [3.63, 3.8) is 0 Å². The summed E-state index contributed by atoms with van der Waals surface area (Å²) in [5, 5.41) is 26.7. The third-order valence-electron chi connectivity index (χ3n) is 3.65. The van der Waals surface area contributed by atoms with Crippen molar-refractivity contribution in [2.24, 2.45) is 17.6 Å². The molecular weight excluding hydrogens is 221 g/mol. The summed E-state index contributed by atoms with van der Waals surface area (Å²) in [4.78, 5) is 11.2. The third-order valence-corrected chi connectivity index (χ3v) is 3.65. The summed E-state index contributed by atoms with van der Waals surface area (Å²) < 4.78 is 0. The number of hydrogen-bond donors (Lipinski definition) is 4. The molecule has 6 heteroatoms. The van der Waals surface area contributed by atoms with Crippen LogP contribution in [0.3, 0.4) is 0 Å². The van der Waals surface area contributed by atoms with Gasteiger partial charge in [0.25, 0.3) is 0 Å². The van der Waals surface area contributed by atoms with Crippen LogP contribution >= 0.6 is 0 Å². The van der Waals surface area contributed by atoms with Crippen molar-refractivity contribution in [1.29, 1.82) is 0 Å². The summed E-state index contributed by atoms with van der Waals surface area (Å²) in [7, 11) is -1.32. The monoisotopic (exact) mass is 243 g/mol. The van der Waals surface area contributed by atoms with E-state index in [4.69, 9.17) is 15.8 Å². The Kier molecular flexibility index (Phi) is 5.95. The number of carboxylic acid groups (broad SMARTS) is 1. The molecule has 5 N–H and O–H groups in total. The Balaban J connectivity index is 2.43. The molecule has 5 nitrogen and oxygen atoms in total. The van der Waals surface area contributed by atoms with E-state index in [-0.39, 0.29) is 18.3 Å². The number of rotatable bonds is 7. The molecule has 0 heterocycles. The zero-order chi connectivity index (χ0) is 12.8. The second kappa shape index (κ2) is 6.98. The molecule has 0 aromatic heterocycles. The smallest absolute Gasteiger partial charge is 0.451 e. The van der Waals surface area contributed by atoms with Gasteiger partial charge in [-0.15, -0.1) is 0 Å². The van der Waals surface area contributed by atoms with E-state index in [0.717, 1.165) is 25.7 Å². The number of nitrogens with two attached hydrogens (primary N) is 1. The van der Waals surface area contributed by atoms with Gasteiger partial charge in [-0.1, -0.05) is 19.3 Å². The van der Waals surface area contributed by atoms with Gasteiger partial charge in [-0.05, 0) is 31.5 Å². The van der Waals surface area contributed by atoms with Crippen LogP contribution in [0, 0.1) is 11.8 Å². The number of aliphatic carboxylic acids is 1. The van der Waals surface area contributed by atoms with Crippen LogP contribution < -0.4 is 5.73 Å². The van der Waals surface area contributed by atoms with Crippen molar-refractivity contribution in [1.82, 2.24) is 0 Å². The Morgan fingerprint density at radius 1 is 1.35 bits per heavy atom. The maximum Gasteiger partial charge on any atom is 0.451 e. The number of carboxylic acids is 1. The second-order valence-corrected chi connectivity index (χ2v) is 4.98. The van der Waals surface area contributed by atoms with E-state index in [1.54, 1.807) is 0 Å². The largest absolute Gasteiger partial charge is 0.481 e. The molecule has 1 aliphatic rings. The Hall–Kier alpha value is -0.585. The lowest BCUT2D eigenvalue weighted by Crippen LogP contribution is -2.39. The molecule has 0 spiro atoms. The van der Waals surface area contributed by atoms with Gasteiger partial charge >= 0.3 is 13.1 Å². The van der Waals surface area contributed by atoms with Gasteiger partial charge in [-0.3, -0.25) is 4.79 Å². The first-order chi connectivity index (χ1) is 8.02. The lowest BCUT2D eigenvalue weighted by molar-refractivity contribution is -0.144. The molecule has 0 bridgehead atoms. The number of hydrogen-bond acceptors (Lipinski definition) is 4. The zero-order valence-electron chi connectivity index (χ0n) is 10.1. The van der Waals surface area contributed by atoms with Crippen molar-refractivity contribution in [3.05, 3.63) is 0 Å². The molecule has 2 atom stereocenters. The van der Waals surface area contributed by atoms with Crippen LogP contribution in [-0.2, 0) is 4.79 Å². The SMILES string of the molecule is NC(CCCB(O)O)C(C(=O)O)C1CCCC1.